The molecule has 0 fully saturated rings. The van der Waals surface area contributed by atoms with Crippen LogP contribution in [0, 0.1) is 5.41 Å². The summed E-state index contributed by atoms with van der Waals surface area (Å²) < 4.78 is 26.0. The molecule has 1 rings (SSSR count). The predicted molar refractivity (Wildman–Crippen MR) is 83.0 cm³/mol. The normalized spacial score (nSPS) is 14.0. The molecule has 1 aromatic carbocycles. The van der Waals surface area contributed by atoms with Gasteiger partial charge in [0.05, 0.1) is 19.1 Å². The first-order valence-corrected chi connectivity index (χ1v) is 8.64. The average Bonchev–Trinajstić information content (AvgIpc) is 2.45. The molecule has 8 heteroatoms. The minimum Gasteiger partial charge on any atom is -0.469 e. The van der Waals surface area contributed by atoms with Gasteiger partial charge in [-0.25, -0.2) is 0 Å². The van der Waals surface area contributed by atoms with Gasteiger partial charge in [-0.05, 0) is 38.5 Å². The predicted octanol–water partition coefficient (Wildman–Crippen LogP) is 2.51. The Morgan fingerprint density at radius 2 is 1.74 bits per heavy atom. The number of methoxy groups -OCH3 is 1. The quantitative estimate of drug-likeness (QED) is 0.481. The number of ether oxygens (including phenoxy) is 2. The molecule has 0 amide bonds. The lowest BCUT2D eigenvalue weighted by Crippen LogP contribution is -2.25. The van der Waals surface area contributed by atoms with Crippen LogP contribution in [0.5, 0.6) is 5.75 Å². The zero-order valence-electron chi connectivity index (χ0n) is 13.6. The number of benzene rings is 1. The van der Waals surface area contributed by atoms with Crippen LogP contribution >= 0.6 is 7.60 Å². The summed E-state index contributed by atoms with van der Waals surface area (Å²) in [5, 5.41) is 0. The van der Waals surface area contributed by atoms with Crippen LogP contribution in [0.25, 0.3) is 0 Å². The second-order valence-corrected chi connectivity index (χ2v) is 7.78. The van der Waals surface area contributed by atoms with Gasteiger partial charge in [-0.15, -0.1) is 0 Å². The van der Waals surface area contributed by atoms with Crippen molar-refractivity contribution < 1.29 is 33.0 Å². The highest BCUT2D eigenvalue weighted by atomic mass is 31.2. The van der Waals surface area contributed by atoms with Crippen molar-refractivity contribution in [2.75, 3.05) is 13.3 Å². The number of hydrogen-bond acceptors (Lipinski definition) is 6. The lowest BCUT2D eigenvalue weighted by atomic mass is 9.97. The molecule has 0 saturated carbocycles. The molecule has 0 heterocycles. The Morgan fingerprint density at radius 1 is 1.17 bits per heavy atom. The Bertz CT molecular complexity index is 601. The van der Waals surface area contributed by atoms with E-state index in [0.29, 0.717) is 11.3 Å². The molecule has 0 saturated heterocycles. The van der Waals surface area contributed by atoms with E-state index >= 15 is 0 Å². The first-order chi connectivity index (χ1) is 10.5. The van der Waals surface area contributed by atoms with Gasteiger partial charge in [0, 0.05) is 0 Å². The fourth-order valence-corrected chi connectivity index (χ4v) is 2.26. The minimum absolute atomic E-state index is 0.154. The summed E-state index contributed by atoms with van der Waals surface area (Å²) in [6.07, 6.45) is -0.704. The van der Waals surface area contributed by atoms with Gasteiger partial charge in [-0.3, -0.25) is 14.2 Å². The molecule has 0 radical (unpaired) electrons. The average molecular weight is 344 g/mol. The number of rotatable bonds is 6. The third-order valence-electron chi connectivity index (χ3n) is 2.74. The highest BCUT2D eigenvalue weighted by molar-refractivity contribution is 7.53. The van der Waals surface area contributed by atoms with Crippen molar-refractivity contribution in [1.82, 2.24) is 0 Å². The van der Waals surface area contributed by atoms with E-state index in [-0.39, 0.29) is 12.6 Å². The van der Waals surface area contributed by atoms with E-state index in [2.05, 4.69) is 4.74 Å². The summed E-state index contributed by atoms with van der Waals surface area (Å²) in [5.41, 5.74) is -0.0150. The molecule has 1 aromatic rings. The second kappa shape index (κ2) is 7.73. The fourth-order valence-electron chi connectivity index (χ4n) is 1.36. The van der Waals surface area contributed by atoms with Gasteiger partial charge >= 0.3 is 19.5 Å². The van der Waals surface area contributed by atoms with E-state index in [1.807, 2.05) is 0 Å². The standard InChI is InChI=1S/C15H21O7P/c1-15(2,3)14(17)22-12-7-5-11(6-8-12)9-21-23(18,19)10-13(16)20-4/h5-8H,9-10H2,1-4H3,(H,18,19). The summed E-state index contributed by atoms with van der Waals surface area (Å²) in [4.78, 5) is 32.2. The van der Waals surface area contributed by atoms with Gasteiger partial charge in [-0.2, -0.15) is 0 Å². The van der Waals surface area contributed by atoms with Gasteiger partial charge in [-0.1, -0.05) is 12.1 Å². The van der Waals surface area contributed by atoms with Crippen molar-refractivity contribution in [2.24, 2.45) is 5.41 Å². The van der Waals surface area contributed by atoms with Gasteiger partial charge < -0.3 is 18.9 Å². The maximum Gasteiger partial charge on any atom is 0.339 e. The molecule has 1 atom stereocenters. The summed E-state index contributed by atoms with van der Waals surface area (Å²) in [7, 11) is -2.92. The minimum atomic E-state index is -4.05. The Hall–Kier alpha value is -1.69. The van der Waals surface area contributed by atoms with Crippen LogP contribution < -0.4 is 4.74 Å². The molecule has 0 spiro atoms. The molecule has 1 unspecified atom stereocenters. The van der Waals surface area contributed by atoms with Crippen LogP contribution in [0.3, 0.4) is 0 Å². The van der Waals surface area contributed by atoms with E-state index in [1.165, 1.54) is 0 Å². The molecule has 0 aliphatic rings. The largest absolute Gasteiger partial charge is 0.469 e. The van der Waals surface area contributed by atoms with E-state index in [4.69, 9.17) is 9.26 Å². The van der Waals surface area contributed by atoms with E-state index in [9.17, 15) is 19.0 Å². The van der Waals surface area contributed by atoms with Crippen molar-refractivity contribution in [3.05, 3.63) is 29.8 Å². The van der Waals surface area contributed by atoms with Crippen LogP contribution in [0.1, 0.15) is 26.3 Å². The Kier molecular flexibility index (Phi) is 6.50. The first-order valence-electron chi connectivity index (χ1n) is 6.88. The first kappa shape index (κ1) is 19.4. The van der Waals surface area contributed by atoms with Crippen molar-refractivity contribution >= 4 is 19.5 Å². The van der Waals surface area contributed by atoms with Gasteiger partial charge in [0.15, 0.2) is 0 Å². The molecule has 7 nitrogen and oxygen atoms in total. The number of carbonyl (C=O) groups is 2. The topological polar surface area (TPSA) is 99.1 Å². The third-order valence-corrected chi connectivity index (χ3v) is 3.93. The summed E-state index contributed by atoms with van der Waals surface area (Å²) in [6.45, 7) is 5.09. The molecule has 128 valence electrons. The molecule has 0 bridgehead atoms. The monoisotopic (exact) mass is 344 g/mol. The zero-order chi connectivity index (χ0) is 17.7. The molecule has 1 N–H and O–H groups in total. The van der Waals surface area contributed by atoms with Gasteiger partial charge in [0.2, 0.25) is 0 Å². The van der Waals surface area contributed by atoms with Crippen LogP contribution in [0.15, 0.2) is 24.3 Å². The molecular weight excluding hydrogens is 323 g/mol. The highest BCUT2D eigenvalue weighted by Gasteiger charge is 2.25. The zero-order valence-corrected chi connectivity index (χ0v) is 14.5. The van der Waals surface area contributed by atoms with Crippen LogP contribution in [0.4, 0.5) is 0 Å². The summed E-state index contributed by atoms with van der Waals surface area (Å²) in [5.74, 6) is -0.810. The molecule has 0 aliphatic carbocycles. The van der Waals surface area contributed by atoms with Gasteiger partial charge in [0.1, 0.15) is 11.9 Å². The second-order valence-electron chi connectivity index (χ2n) is 5.93. The van der Waals surface area contributed by atoms with Crippen molar-refractivity contribution in [3.63, 3.8) is 0 Å². The Morgan fingerprint density at radius 3 is 2.22 bits per heavy atom. The lowest BCUT2D eigenvalue weighted by Gasteiger charge is -2.16. The van der Waals surface area contributed by atoms with Crippen molar-refractivity contribution in [2.45, 2.75) is 27.4 Å². The van der Waals surface area contributed by atoms with Crippen LogP contribution in [-0.4, -0.2) is 30.1 Å². The Labute approximate surface area is 135 Å². The van der Waals surface area contributed by atoms with Crippen molar-refractivity contribution in [1.29, 1.82) is 0 Å². The Balaban J connectivity index is 2.59. The molecule has 23 heavy (non-hydrogen) atoms. The maximum atomic E-state index is 11.7. The fraction of sp³-hybridized carbons (Fsp3) is 0.467. The van der Waals surface area contributed by atoms with E-state index in [1.54, 1.807) is 45.0 Å². The SMILES string of the molecule is COC(=O)CP(=O)(O)OCc1ccc(OC(=O)C(C)(C)C)cc1. The summed E-state index contributed by atoms with van der Waals surface area (Å²) >= 11 is 0. The van der Waals surface area contributed by atoms with E-state index in [0.717, 1.165) is 7.11 Å². The molecular formula is C15H21O7P. The number of esters is 2. The number of hydrogen-bond donors (Lipinski definition) is 1. The van der Waals surface area contributed by atoms with Crippen LogP contribution in [-0.2, 0) is 30.0 Å². The summed E-state index contributed by atoms with van der Waals surface area (Å²) in [6, 6.07) is 6.32. The molecule has 0 aromatic heterocycles. The highest BCUT2D eigenvalue weighted by Crippen LogP contribution is 2.42. The smallest absolute Gasteiger partial charge is 0.339 e. The third kappa shape index (κ3) is 6.95. The van der Waals surface area contributed by atoms with Crippen molar-refractivity contribution in [3.8, 4) is 5.75 Å². The molecule has 0 aliphatic heterocycles. The number of carbonyl (C=O) groups excluding carboxylic acids is 2. The van der Waals surface area contributed by atoms with E-state index < -0.39 is 25.1 Å². The maximum absolute atomic E-state index is 11.7. The van der Waals surface area contributed by atoms with Crippen LogP contribution in [0.2, 0.25) is 0 Å². The van der Waals surface area contributed by atoms with Gasteiger partial charge in [0.25, 0.3) is 0 Å². The lowest BCUT2D eigenvalue weighted by molar-refractivity contribution is -0.143.